The van der Waals surface area contributed by atoms with Crippen LogP contribution in [-0.2, 0) is 12.8 Å². The summed E-state index contributed by atoms with van der Waals surface area (Å²) in [5, 5.41) is 5.00. The zero-order valence-electron chi connectivity index (χ0n) is 14.4. The predicted molar refractivity (Wildman–Crippen MR) is 104 cm³/mol. The second kappa shape index (κ2) is 6.73. The molecule has 2 heterocycles. The number of methoxy groups -OCH3 is 2. The van der Waals surface area contributed by atoms with Gasteiger partial charge < -0.3 is 19.8 Å². The lowest BCUT2D eigenvalue weighted by Crippen LogP contribution is -2.31. The molecule has 25 heavy (non-hydrogen) atoms. The Balaban J connectivity index is 1.71. The van der Waals surface area contributed by atoms with Crippen molar-refractivity contribution in [1.29, 1.82) is 0 Å². The molecule has 0 saturated heterocycles. The van der Waals surface area contributed by atoms with Crippen molar-refractivity contribution in [3.8, 4) is 11.5 Å². The molecule has 1 unspecified atom stereocenters. The van der Waals surface area contributed by atoms with Gasteiger partial charge in [0.15, 0.2) is 11.5 Å². The van der Waals surface area contributed by atoms with Crippen LogP contribution < -0.4 is 14.8 Å². The molecular formula is C20H21BrN2O2. The highest BCUT2D eigenvalue weighted by molar-refractivity contribution is 9.10. The van der Waals surface area contributed by atoms with Gasteiger partial charge in [-0.3, -0.25) is 0 Å². The molecule has 1 aliphatic heterocycles. The number of nitrogens with one attached hydrogen (secondary N) is 2. The van der Waals surface area contributed by atoms with Crippen molar-refractivity contribution in [3.05, 3.63) is 57.7 Å². The first kappa shape index (κ1) is 16.5. The Morgan fingerprint density at radius 1 is 1.12 bits per heavy atom. The third kappa shape index (κ3) is 2.92. The fourth-order valence-electron chi connectivity index (χ4n) is 3.71. The molecule has 3 aromatic rings. The number of hydrogen-bond donors (Lipinski definition) is 2. The minimum absolute atomic E-state index is 0.255. The maximum Gasteiger partial charge on any atom is 0.161 e. The second-order valence-corrected chi connectivity index (χ2v) is 7.18. The number of hydrogen-bond acceptors (Lipinski definition) is 3. The number of rotatable bonds is 4. The summed E-state index contributed by atoms with van der Waals surface area (Å²) in [6.07, 6.45) is 1.93. The highest BCUT2D eigenvalue weighted by Gasteiger charge is 2.25. The largest absolute Gasteiger partial charge is 0.493 e. The van der Waals surface area contributed by atoms with Crippen molar-refractivity contribution < 1.29 is 9.47 Å². The Morgan fingerprint density at radius 2 is 1.88 bits per heavy atom. The van der Waals surface area contributed by atoms with E-state index in [0.29, 0.717) is 0 Å². The highest BCUT2D eigenvalue weighted by atomic mass is 79.9. The van der Waals surface area contributed by atoms with Gasteiger partial charge >= 0.3 is 0 Å². The Labute approximate surface area is 155 Å². The number of benzene rings is 2. The molecule has 0 amide bonds. The topological polar surface area (TPSA) is 46.3 Å². The van der Waals surface area contributed by atoms with E-state index >= 15 is 0 Å². The van der Waals surface area contributed by atoms with E-state index in [1.807, 2.05) is 6.07 Å². The van der Waals surface area contributed by atoms with Crippen molar-refractivity contribution >= 4 is 26.8 Å². The summed E-state index contributed by atoms with van der Waals surface area (Å²) in [6, 6.07) is 12.8. The molecule has 1 atom stereocenters. The number of para-hydroxylation sites is 1. The SMILES string of the molecule is COc1cc(Br)c(CC2NCCc3c2[nH]c2ccccc32)cc1OC. The first-order valence-corrected chi connectivity index (χ1v) is 9.24. The molecule has 0 saturated carbocycles. The van der Waals surface area contributed by atoms with Gasteiger partial charge in [0.25, 0.3) is 0 Å². The predicted octanol–water partition coefficient (Wildman–Crippen LogP) is 4.38. The zero-order valence-corrected chi connectivity index (χ0v) is 15.9. The molecule has 1 aliphatic rings. The Bertz CT molecular complexity index is 919. The quantitative estimate of drug-likeness (QED) is 0.682. The van der Waals surface area contributed by atoms with Gasteiger partial charge in [0.1, 0.15) is 0 Å². The summed E-state index contributed by atoms with van der Waals surface area (Å²) in [7, 11) is 3.33. The normalized spacial score (nSPS) is 16.7. The molecule has 0 fully saturated rings. The van der Waals surface area contributed by atoms with Crippen molar-refractivity contribution in [2.24, 2.45) is 0 Å². The maximum absolute atomic E-state index is 5.46. The molecule has 1 aromatic heterocycles. The van der Waals surface area contributed by atoms with Gasteiger partial charge in [-0.05, 0) is 48.7 Å². The van der Waals surface area contributed by atoms with Crippen LogP contribution >= 0.6 is 15.9 Å². The van der Waals surface area contributed by atoms with Crippen LogP contribution in [0.15, 0.2) is 40.9 Å². The second-order valence-electron chi connectivity index (χ2n) is 6.32. The summed E-state index contributed by atoms with van der Waals surface area (Å²) in [4.78, 5) is 3.62. The van der Waals surface area contributed by atoms with E-state index in [0.717, 1.165) is 35.4 Å². The van der Waals surface area contributed by atoms with Crippen molar-refractivity contribution in [2.45, 2.75) is 18.9 Å². The first-order valence-electron chi connectivity index (χ1n) is 8.44. The fraction of sp³-hybridized carbons (Fsp3) is 0.300. The van der Waals surface area contributed by atoms with Crippen molar-refractivity contribution in [2.75, 3.05) is 20.8 Å². The van der Waals surface area contributed by atoms with Gasteiger partial charge in [0, 0.05) is 21.1 Å². The Hall–Kier alpha value is -1.98. The fourth-order valence-corrected chi connectivity index (χ4v) is 4.19. The summed E-state index contributed by atoms with van der Waals surface area (Å²) in [5.74, 6) is 1.49. The van der Waals surface area contributed by atoms with Crippen molar-refractivity contribution in [3.63, 3.8) is 0 Å². The molecule has 2 N–H and O–H groups in total. The third-order valence-corrected chi connectivity index (χ3v) is 5.68. The molecular weight excluding hydrogens is 380 g/mol. The maximum atomic E-state index is 5.46. The first-order chi connectivity index (χ1) is 12.2. The van der Waals surface area contributed by atoms with E-state index < -0.39 is 0 Å². The average molecular weight is 401 g/mol. The van der Waals surface area contributed by atoms with Crippen LogP contribution in [0.4, 0.5) is 0 Å². The lowest BCUT2D eigenvalue weighted by atomic mass is 9.94. The van der Waals surface area contributed by atoms with Crippen LogP contribution in [0.25, 0.3) is 10.9 Å². The zero-order chi connectivity index (χ0) is 17.4. The highest BCUT2D eigenvalue weighted by Crippen LogP contribution is 2.37. The number of aromatic nitrogens is 1. The van der Waals surface area contributed by atoms with Gasteiger partial charge in [-0.25, -0.2) is 0 Å². The molecule has 4 rings (SSSR count). The van der Waals surface area contributed by atoms with Crippen LogP contribution in [0.3, 0.4) is 0 Å². The molecule has 130 valence electrons. The van der Waals surface area contributed by atoms with Gasteiger partial charge in [-0.1, -0.05) is 34.1 Å². The summed E-state index contributed by atoms with van der Waals surface area (Å²) >= 11 is 3.68. The number of fused-ring (bicyclic) bond motifs is 3. The summed E-state index contributed by atoms with van der Waals surface area (Å²) in [5.41, 5.74) is 5.15. The smallest absolute Gasteiger partial charge is 0.161 e. The van der Waals surface area contributed by atoms with Gasteiger partial charge in [-0.15, -0.1) is 0 Å². The van der Waals surface area contributed by atoms with E-state index in [1.165, 1.54) is 27.7 Å². The van der Waals surface area contributed by atoms with E-state index in [2.05, 4.69) is 56.6 Å². The van der Waals surface area contributed by atoms with Crippen LogP contribution in [-0.4, -0.2) is 25.7 Å². The molecule has 0 spiro atoms. The molecule has 5 heteroatoms. The van der Waals surface area contributed by atoms with E-state index in [-0.39, 0.29) is 6.04 Å². The molecule has 2 aromatic carbocycles. The van der Waals surface area contributed by atoms with Gasteiger partial charge in [0.05, 0.1) is 20.3 Å². The number of aromatic amines is 1. The molecule has 4 nitrogen and oxygen atoms in total. The Kier molecular flexibility index (Phi) is 4.44. The van der Waals surface area contributed by atoms with E-state index in [1.54, 1.807) is 14.2 Å². The minimum Gasteiger partial charge on any atom is -0.493 e. The van der Waals surface area contributed by atoms with E-state index in [9.17, 15) is 0 Å². The Morgan fingerprint density at radius 3 is 2.68 bits per heavy atom. The van der Waals surface area contributed by atoms with Crippen LogP contribution in [0, 0.1) is 0 Å². The average Bonchev–Trinajstić information content (AvgIpc) is 3.03. The number of halogens is 1. The minimum atomic E-state index is 0.255. The van der Waals surface area contributed by atoms with Crippen LogP contribution in [0.2, 0.25) is 0 Å². The number of ether oxygens (including phenoxy) is 2. The molecule has 0 bridgehead atoms. The number of H-pyrrole nitrogens is 1. The van der Waals surface area contributed by atoms with Gasteiger partial charge in [0.2, 0.25) is 0 Å². The monoisotopic (exact) mass is 400 g/mol. The summed E-state index contributed by atoms with van der Waals surface area (Å²) in [6.45, 7) is 0.990. The van der Waals surface area contributed by atoms with Crippen LogP contribution in [0.1, 0.15) is 22.9 Å². The van der Waals surface area contributed by atoms with Crippen LogP contribution in [0.5, 0.6) is 11.5 Å². The molecule has 0 radical (unpaired) electrons. The third-order valence-electron chi connectivity index (χ3n) is 4.94. The lowest BCUT2D eigenvalue weighted by Gasteiger charge is -2.25. The standard InChI is InChI=1S/C20H21BrN2O2/c1-24-18-10-12(15(21)11-19(18)25-2)9-17-20-14(7-8-22-17)13-5-3-4-6-16(13)23-20/h3-6,10-11,17,22-23H,7-9H2,1-2H3. The molecule has 0 aliphatic carbocycles. The lowest BCUT2D eigenvalue weighted by molar-refractivity contribution is 0.354. The van der Waals surface area contributed by atoms with Gasteiger partial charge in [-0.2, -0.15) is 0 Å². The van der Waals surface area contributed by atoms with E-state index in [4.69, 9.17) is 9.47 Å². The van der Waals surface area contributed by atoms with Crippen molar-refractivity contribution in [1.82, 2.24) is 10.3 Å². The summed E-state index contributed by atoms with van der Waals surface area (Å²) < 4.78 is 11.9.